The van der Waals surface area contributed by atoms with Crippen LogP contribution in [0.15, 0.2) is 101 Å². The number of amides is 2. The molecular weight excluding hydrogens is 450 g/mol. The average Bonchev–Trinajstić information content (AvgIpc) is 3.37. The number of hydrogen-bond acceptors (Lipinski definition) is 4. The second-order valence-corrected chi connectivity index (χ2v) is 8.96. The summed E-state index contributed by atoms with van der Waals surface area (Å²) in [7, 11) is 0. The van der Waals surface area contributed by atoms with E-state index >= 15 is 0 Å². The summed E-state index contributed by atoms with van der Waals surface area (Å²) in [5.41, 5.74) is 3.19. The van der Waals surface area contributed by atoms with Crippen molar-refractivity contribution in [1.29, 1.82) is 0 Å². The van der Waals surface area contributed by atoms with E-state index in [9.17, 15) is 9.59 Å². The van der Waals surface area contributed by atoms with Gasteiger partial charge in [-0.2, -0.15) is 0 Å². The third-order valence-corrected chi connectivity index (χ3v) is 6.73. The molecule has 6 heteroatoms. The minimum atomic E-state index is -0.128. The maximum atomic E-state index is 12.9. The zero-order chi connectivity index (χ0) is 24.5. The van der Waals surface area contributed by atoms with Gasteiger partial charge in [-0.3, -0.25) is 9.59 Å². The molecule has 6 nitrogen and oxygen atoms in total. The highest BCUT2D eigenvalue weighted by Gasteiger charge is 2.24. The SMILES string of the molecule is O=C(Nc1ccc(N2CCN(C(=O)c3cc4ccccc4o3)CC2)cc1)c1cccc2ccccc12. The molecule has 0 radical (unpaired) electrons. The zero-order valence-electron chi connectivity index (χ0n) is 19.7. The van der Waals surface area contributed by atoms with Crippen molar-refractivity contribution >= 4 is 44.9 Å². The molecule has 1 aliphatic rings. The molecule has 178 valence electrons. The van der Waals surface area contributed by atoms with Crippen molar-refractivity contribution in [3.8, 4) is 0 Å². The molecular formula is C30H25N3O3. The molecule has 1 aliphatic heterocycles. The van der Waals surface area contributed by atoms with Crippen LogP contribution in [-0.2, 0) is 0 Å². The number of nitrogens with one attached hydrogen (secondary N) is 1. The Kier molecular flexibility index (Phi) is 5.62. The van der Waals surface area contributed by atoms with E-state index in [4.69, 9.17) is 4.42 Å². The van der Waals surface area contributed by atoms with Crippen molar-refractivity contribution in [2.24, 2.45) is 0 Å². The monoisotopic (exact) mass is 475 g/mol. The van der Waals surface area contributed by atoms with Crippen LogP contribution in [0.3, 0.4) is 0 Å². The quantitative estimate of drug-likeness (QED) is 0.357. The van der Waals surface area contributed by atoms with Gasteiger partial charge in [-0.1, -0.05) is 54.6 Å². The Labute approximate surface area is 208 Å². The molecule has 1 saturated heterocycles. The molecule has 0 saturated carbocycles. The molecule has 0 aliphatic carbocycles. The van der Waals surface area contributed by atoms with Crippen molar-refractivity contribution in [1.82, 2.24) is 4.90 Å². The average molecular weight is 476 g/mol. The van der Waals surface area contributed by atoms with Gasteiger partial charge >= 0.3 is 0 Å². The molecule has 1 aromatic heterocycles. The van der Waals surface area contributed by atoms with Crippen LogP contribution in [0.5, 0.6) is 0 Å². The molecule has 36 heavy (non-hydrogen) atoms. The Hall–Kier alpha value is -4.58. The number of rotatable bonds is 4. The molecule has 6 rings (SSSR count). The van der Waals surface area contributed by atoms with Crippen LogP contribution >= 0.6 is 0 Å². The minimum absolute atomic E-state index is 0.0719. The predicted molar refractivity (Wildman–Crippen MR) is 143 cm³/mol. The van der Waals surface area contributed by atoms with Gasteiger partial charge in [0, 0.05) is 48.5 Å². The Balaban J connectivity index is 1.09. The lowest BCUT2D eigenvalue weighted by Crippen LogP contribution is -2.48. The molecule has 2 amide bonds. The first-order chi connectivity index (χ1) is 17.7. The van der Waals surface area contributed by atoms with Gasteiger partial charge in [0.25, 0.3) is 11.8 Å². The lowest BCUT2D eigenvalue weighted by Gasteiger charge is -2.35. The number of carbonyl (C=O) groups is 2. The van der Waals surface area contributed by atoms with Crippen LogP contribution in [0.4, 0.5) is 11.4 Å². The highest BCUT2D eigenvalue weighted by atomic mass is 16.3. The Morgan fingerprint density at radius 2 is 1.42 bits per heavy atom. The van der Waals surface area contributed by atoms with Crippen LogP contribution in [0.2, 0.25) is 0 Å². The van der Waals surface area contributed by atoms with Crippen molar-refractivity contribution in [3.05, 3.63) is 108 Å². The summed E-state index contributed by atoms with van der Waals surface area (Å²) in [6.07, 6.45) is 0. The number of benzene rings is 4. The number of nitrogens with zero attached hydrogens (tertiary/aromatic N) is 2. The fraction of sp³-hybridized carbons (Fsp3) is 0.133. The van der Waals surface area contributed by atoms with E-state index in [2.05, 4.69) is 10.2 Å². The Morgan fingerprint density at radius 3 is 2.19 bits per heavy atom. The topological polar surface area (TPSA) is 65.8 Å². The number of carbonyl (C=O) groups excluding carboxylic acids is 2. The van der Waals surface area contributed by atoms with Crippen molar-refractivity contribution in [3.63, 3.8) is 0 Å². The number of piperazine rings is 1. The smallest absolute Gasteiger partial charge is 0.289 e. The third kappa shape index (κ3) is 4.18. The van der Waals surface area contributed by atoms with E-state index in [1.54, 1.807) is 0 Å². The molecule has 1 N–H and O–H groups in total. The summed E-state index contributed by atoms with van der Waals surface area (Å²) < 4.78 is 5.76. The third-order valence-electron chi connectivity index (χ3n) is 6.73. The second kappa shape index (κ2) is 9.23. The zero-order valence-corrected chi connectivity index (χ0v) is 19.7. The van der Waals surface area contributed by atoms with Crippen molar-refractivity contribution < 1.29 is 14.0 Å². The summed E-state index contributed by atoms with van der Waals surface area (Å²) in [5, 5.41) is 5.92. The normalized spacial score (nSPS) is 13.8. The lowest BCUT2D eigenvalue weighted by atomic mass is 10.0. The summed E-state index contributed by atoms with van der Waals surface area (Å²) >= 11 is 0. The summed E-state index contributed by atoms with van der Waals surface area (Å²) in [6.45, 7) is 2.70. The maximum absolute atomic E-state index is 12.9. The molecule has 0 atom stereocenters. The maximum Gasteiger partial charge on any atom is 0.289 e. The minimum Gasteiger partial charge on any atom is -0.451 e. The van der Waals surface area contributed by atoms with Gasteiger partial charge in [0.2, 0.25) is 0 Å². The largest absolute Gasteiger partial charge is 0.451 e. The second-order valence-electron chi connectivity index (χ2n) is 8.96. The first kappa shape index (κ1) is 21.9. The van der Waals surface area contributed by atoms with Crippen LogP contribution in [0, 0.1) is 0 Å². The molecule has 2 heterocycles. The standard InChI is InChI=1S/C30H25N3O3/c34-29(26-10-5-8-21-6-1-3-9-25(21)26)31-23-12-14-24(15-13-23)32-16-18-33(19-17-32)30(35)28-20-22-7-2-4-11-27(22)36-28/h1-15,20H,16-19H2,(H,31,34). The van der Waals surface area contributed by atoms with Gasteiger partial charge in [-0.05, 0) is 53.2 Å². The van der Waals surface area contributed by atoms with Gasteiger partial charge in [-0.25, -0.2) is 0 Å². The lowest BCUT2D eigenvalue weighted by molar-refractivity contribution is 0.0717. The van der Waals surface area contributed by atoms with Crippen LogP contribution in [0.1, 0.15) is 20.9 Å². The summed E-state index contributed by atoms with van der Waals surface area (Å²) in [5.74, 6) is 0.186. The van der Waals surface area contributed by atoms with Gasteiger partial charge in [0.15, 0.2) is 5.76 Å². The molecule has 0 spiro atoms. The van der Waals surface area contributed by atoms with E-state index < -0.39 is 0 Å². The van der Waals surface area contributed by atoms with Gasteiger partial charge in [-0.15, -0.1) is 0 Å². The number of fused-ring (bicyclic) bond motifs is 2. The first-order valence-electron chi connectivity index (χ1n) is 12.1. The number of hydrogen-bond donors (Lipinski definition) is 1. The van der Waals surface area contributed by atoms with E-state index in [0.29, 0.717) is 24.4 Å². The van der Waals surface area contributed by atoms with Crippen LogP contribution in [-0.4, -0.2) is 42.9 Å². The van der Waals surface area contributed by atoms with Crippen molar-refractivity contribution in [2.45, 2.75) is 0 Å². The summed E-state index contributed by atoms with van der Waals surface area (Å²) in [4.78, 5) is 29.9. The van der Waals surface area contributed by atoms with E-state index in [1.165, 1.54) is 0 Å². The first-order valence-corrected chi connectivity index (χ1v) is 12.1. The molecule has 0 bridgehead atoms. The van der Waals surface area contributed by atoms with Gasteiger partial charge in [0.05, 0.1) is 0 Å². The number of para-hydroxylation sites is 1. The van der Waals surface area contributed by atoms with E-state index in [1.807, 2.05) is 102 Å². The Morgan fingerprint density at radius 1 is 0.722 bits per heavy atom. The van der Waals surface area contributed by atoms with E-state index in [0.717, 1.165) is 46.2 Å². The van der Waals surface area contributed by atoms with Crippen molar-refractivity contribution in [2.75, 3.05) is 36.4 Å². The number of anilines is 2. The highest BCUT2D eigenvalue weighted by molar-refractivity contribution is 6.13. The summed E-state index contributed by atoms with van der Waals surface area (Å²) in [6, 6.07) is 31.0. The molecule has 0 unspecified atom stereocenters. The highest BCUT2D eigenvalue weighted by Crippen LogP contribution is 2.24. The van der Waals surface area contributed by atoms with Gasteiger partial charge < -0.3 is 19.5 Å². The Bertz CT molecular complexity index is 1530. The molecule has 5 aromatic rings. The van der Waals surface area contributed by atoms with Crippen LogP contribution < -0.4 is 10.2 Å². The predicted octanol–water partition coefficient (Wildman–Crippen LogP) is 5.80. The molecule has 4 aromatic carbocycles. The fourth-order valence-corrected chi connectivity index (χ4v) is 4.79. The van der Waals surface area contributed by atoms with Crippen LogP contribution in [0.25, 0.3) is 21.7 Å². The number of furan rings is 1. The van der Waals surface area contributed by atoms with Gasteiger partial charge in [0.1, 0.15) is 5.58 Å². The van der Waals surface area contributed by atoms with E-state index in [-0.39, 0.29) is 11.8 Å². The fourth-order valence-electron chi connectivity index (χ4n) is 4.79. The molecule has 1 fully saturated rings.